The minimum Gasteiger partial charge on any atom is -0.497 e. The van der Waals surface area contributed by atoms with E-state index in [9.17, 15) is 4.79 Å². The van der Waals surface area contributed by atoms with Crippen molar-refractivity contribution in [2.24, 2.45) is 0 Å². The van der Waals surface area contributed by atoms with Crippen LogP contribution in [0.5, 0.6) is 5.75 Å². The van der Waals surface area contributed by atoms with Crippen LogP contribution in [-0.4, -0.2) is 13.0 Å². The van der Waals surface area contributed by atoms with Crippen molar-refractivity contribution in [1.82, 2.24) is 0 Å². The molecule has 0 unspecified atom stereocenters. The van der Waals surface area contributed by atoms with Crippen molar-refractivity contribution in [2.45, 2.75) is 6.17 Å². The molecule has 0 bridgehead atoms. The largest absolute Gasteiger partial charge is 0.497 e. The van der Waals surface area contributed by atoms with Crippen LogP contribution < -0.4 is 15.0 Å². The van der Waals surface area contributed by atoms with E-state index < -0.39 is 0 Å². The van der Waals surface area contributed by atoms with E-state index in [-0.39, 0.29) is 12.1 Å². The van der Waals surface area contributed by atoms with E-state index in [0.29, 0.717) is 10.6 Å². The number of anilines is 2. The third kappa shape index (κ3) is 2.89. The Bertz CT molecular complexity index is 939. The van der Waals surface area contributed by atoms with E-state index in [1.165, 1.54) is 0 Å². The van der Waals surface area contributed by atoms with Crippen molar-refractivity contribution in [3.8, 4) is 5.75 Å². The number of amides is 1. The molecule has 130 valence electrons. The topological polar surface area (TPSA) is 41.6 Å². The number of carbonyl (C=O) groups excluding carboxylic acids is 1. The molecule has 3 aromatic rings. The molecule has 0 spiro atoms. The van der Waals surface area contributed by atoms with E-state index in [4.69, 9.17) is 16.3 Å². The molecular formula is C21H17ClN2O2. The van der Waals surface area contributed by atoms with Gasteiger partial charge in [0.1, 0.15) is 11.9 Å². The molecule has 1 aliphatic rings. The molecule has 0 saturated heterocycles. The van der Waals surface area contributed by atoms with Gasteiger partial charge in [-0.05, 0) is 54.1 Å². The highest BCUT2D eigenvalue weighted by Crippen LogP contribution is 2.37. The normalized spacial score (nSPS) is 16.0. The summed E-state index contributed by atoms with van der Waals surface area (Å²) >= 11 is 6.03. The summed E-state index contributed by atoms with van der Waals surface area (Å²) in [5.74, 6) is 0.694. The smallest absolute Gasteiger partial charge is 0.262 e. The van der Waals surface area contributed by atoms with E-state index >= 15 is 0 Å². The highest BCUT2D eigenvalue weighted by Gasteiger charge is 2.33. The summed E-state index contributed by atoms with van der Waals surface area (Å²) in [5.41, 5.74) is 3.21. The molecule has 26 heavy (non-hydrogen) atoms. The van der Waals surface area contributed by atoms with Crippen LogP contribution in [0.1, 0.15) is 22.1 Å². The summed E-state index contributed by atoms with van der Waals surface area (Å²) in [6.45, 7) is 0. The Kier molecular flexibility index (Phi) is 4.27. The van der Waals surface area contributed by atoms with Gasteiger partial charge in [0.25, 0.3) is 5.91 Å². The maximum atomic E-state index is 13.3. The molecule has 1 atom stereocenters. The highest BCUT2D eigenvalue weighted by molar-refractivity contribution is 6.30. The predicted molar refractivity (Wildman–Crippen MR) is 104 cm³/mol. The number of nitrogens with zero attached hydrogens (tertiary/aromatic N) is 1. The van der Waals surface area contributed by atoms with E-state index in [2.05, 4.69) is 5.32 Å². The van der Waals surface area contributed by atoms with Crippen molar-refractivity contribution in [3.05, 3.63) is 88.9 Å². The Morgan fingerprint density at radius 2 is 1.65 bits per heavy atom. The van der Waals surface area contributed by atoms with Crippen LogP contribution in [0.3, 0.4) is 0 Å². The van der Waals surface area contributed by atoms with Gasteiger partial charge in [-0.15, -0.1) is 0 Å². The maximum Gasteiger partial charge on any atom is 0.262 e. The third-order valence-electron chi connectivity index (χ3n) is 4.46. The highest BCUT2D eigenvalue weighted by atomic mass is 35.5. The van der Waals surface area contributed by atoms with Crippen molar-refractivity contribution in [3.63, 3.8) is 0 Å². The Labute approximate surface area is 157 Å². The van der Waals surface area contributed by atoms with E-state index in [1.54, 1.807) is 12.0 Å². The zero-order valence-electron chi connectivity index (χ0n) is 14.1. The number of rotatable bonds is 3. The number of carbonyl (C=O) groups is 1. The lowest BCUT2D eigenvalue weighted by Crippen LogP contribution is -2.43. The van der Waals surface area contributed by atoms with E-state index in [0.717, 1.165) is 22.7 Å². The van der Waals surface area contributed by atoms with Gasteiger partial charge >= 0.3 is 0 Å². The van der Waals surface area contributed by atoms with Crippen molar-refractivity contribution >= 4 is 28.9 Å². The number of para-hydroxylation sites is 1. The molecule has 0 aromatic heterocycles. The van der Waals surface area contributed by atoms with Crippen LogP contribution >= 0.6 is 11.6 Å². The first-order valence-electron chi connectivity index (χ1n) is 8.26. The second-order valence-corrected chi connectivity index (χ2v) is 6.45. The minimum absolute atomic E-state index is 0.0514. The van der Waals surface area contributed by atoms with Crippen LogP contribution in [0.2, 0.25) is 5.02 Å². The number of benzene rings is 3. The third-order valence-corrected chi connectivity index (χ3v) is 4.72. The molecule has 1 amide bonds. The monoisotopic (exact) mass is 364 g/mol. The SMILES string of the molecule is COc1ccc(N2C(=O)c3ccccc3N[C@@H]2c2ccc(Cl)cc2)cc1. The van der Waals surface area contributed by atoms with Gasteiger partial charge in [-0.3, -0.25) is 9.69 Å². The van der Waals surface area contributed by atoms with Crippen LogP contribution in [0.4, 0.5) is 11.4 Å². The van der Waals surface area contributed by atoms with Gasteiger partial charge in [0.05, 0.1) is 12.7 Å². The molecule has 1 aliphatic heterocycles. The lowest BCUT2D eigenvalue weighted by molar-refractivity contribution is 0.0975. The molecule has 0 fully saturated rings. The fourth-order valence-corrected chi connectivity index (χ4v) is 3.27. The second-order valence-electron chi connectivity index (χ2n) is 6.02. The Hall–Kier alpha value is -2.98. The van der Waals surface area contributed by atoms with Crippen LogP contribution in [0.25, 0.3) is 0 Å². The fourth-order valence-electron chi connectivity index (χ4n) is 3.14. The molecule has 3 aromatic carbocycles. The van der Waals surface area contributed by atoms with Crippen LogP contribution in [0.15, 0.2) is 72.8 Å². The van der Waals surface area contributed by atoms with Crippen molar-refractivity contribution < 1.29 is 9.53 Å². The number of ether oxygens (including phenoxy) is 1. The standard InChI is InChI=1S/C21H17ClN2O2/c1-26-17-12-10-16(11-13-17)24-20(14-6-8-15(22)9-7-14)23-19-5-3-2-4-18(19)21(24)25/h2-13,20,23H,1H3/t20-/m0/s1. The van der Waals surface area contributed by atoms with E-state index in [1.807, 2.05) is 72.8 Å². The Morgan fingerprint density at radius 3 is 2.35 bits per heavy atom. The van der Waals surface area contributed by atoms with Crippen LogP contribution in [-0.2, 0) is 0 Å². The summed E-state index contributed by atoms with van der Waals surface area (Å²) < 4.78 is 5.23. The number of hydrogen-bond donors (Lipinski definition) is 1. The van der Waals surface area contributed by atoms with Crippen molar-refractivity contribution in [2.75, 3.05) is 17.3 Å². The maximum absolute atomic E-state index is 13.3. The van der Waals surface area contributed by atoms with Gasteiger partial charge < -0.3 is 10.1 Å². The average molecular weight is 365 g/mol. The molecule has 0 aliphatic carbocycles. The molecule has 1 N–H and O–H groups in total. The number of nitrogens with one attached hydrogen (secondary N) is 1. The second kappa shape index (κ2) is 6.73. The number of halogens is 1. The lowest BCUT2D eigenvalue weighted by Gasteiger charge is -2.38. The van der Waals surface area contributed by atoms with Crippen molar-refractivity contribution in [1.29, 1.82) is 0 Å². The molecule has 4 rings (SSSR count). The number of hydrogen-bond acceptors (Lipinski definition) is 3. The first-order valence-corrected chi connectivity index (χ1v) is 8.64. The summed E-state index contributed by atoms with van der Waals surface area (Å²) in [5, 5.41) is 4.13. The summed E-state index contributed by atoms with van der Waals surface area (Å²) in [6, 6.07) is 22.5. The molecule has 4 nitrogen and oxygen atoms in total. The van der Waals surface area contributed by atoms with Crippen LogP contribution in [0, 0.1) is 0 Å². The van der Waals surface area contributed by atoms with Gasteiger partial charge in [-0.25, -0.2) is 0 Å². The Morgan fingerprint density at radius 1 is 0.962 bits per heavy atom. The molecule has 1 heterocycles. The van der Waals surface area contributed by atoms with Gasteiger partial charge in [-0.1, -0.05) is 35.9 Å². The van der Waals surface area contributed by atoms with Gasteiger partial charge in [0.2, 0.25) is 0 Å². The predicted octanol–water partition coefficient (Wildman–Crippen LogP) is 5.12. The zero-order chi connectivity index (χ0) is 18.1. The molecule has 0 radical (unpaired) electrons. The van der Waals surface area contributed by atoms with Gasteiger partial charge in [0, 0.05) is 16.4 Å². The zero-order valence-corrected chi connectivity index (χ0v) is 14.9. The number of fused-ring (bicyclic) bond motifs is 1. The number of methoxy groups -OCH3 is 1. The fraction of sp³-hybridized carbons (Fsp3) is 0.0952. The average Bonchev–Trinajstić information content (AvgIpc) is 2.69. The first-order chi connectivity index (χ1) is 12.7. The molecule has 0 saturated carbocycles. The van der Waals surface area contributed by atoms with Gasteiger partial charge in [-0.2, -0.15) is 0 Å². The van der Waals surface area contributed by atoms with Gasteiger partial charge in [0.15, 0.2) is 0 Å². The summed E-state index contributed by atoms with van der Waals surface area (Å²) in [4.78, 5) is 15.0. The quantitative estimate of drug-likeness (QED) is 0.701. The Balaban J connectivity index is 1.82. The first kappa shape index (κ1) is 16.5. The molecule has 5 heteroatoms. The minimum atomic E-state index is -0.330. The summed E-state index contributed by atoms with van der Waals surface area (Å²) in [6.07, 6.45) is -0.330. The summed E-state index contributed by atoms with van der Waals surface area (Å²) in [7, 11) is 1.62. The lowest BCUT2D eigenvalue weighted by atomic mass is 10.0. The molecular weight excluding hydrogens is 348 g/mol.